The maximum atomic E-state index is 12.2. The van der Waals surface area contributed by atoms with Gasteiger partial charge in [0.1, 0.15) is 5.25 Å². The zero-order chi connectivity index (χ0) is 14.0. The average molecular weight is 292 g/mol. The lowest BCUT2D eigenvalue weighted by molar-refractivity contribution is 0.212. The third-order valence-electron chi connectivity index (χ3n) is 3.60. The Balaban J connectivity index is 2.74. The van der Waals surface area contributed by atoms with E-state index >= 15 is 0 Å². The van der Waals surface area contributed by atoms with E-state index in [1.165, 1.54) is 0 Å². The molecule has 1 rings (SSSR count). The Morgan fingerprint density at radius 1 is 1.56 bits per heavy atom. The summed E-state index contributed by atoms with van der Waals surface area (Å²) in [6, 6.07) is 0.0159. The molecule has 4 nitrogen and oxygen atoms in total. The fourth-order valence-electron chi connectivity index (χ4n) is 2.69. The third-order valence-corrected chi connectivity index (χ3v) is 6.03. The van der Waals surface area contributed by atoms with E-state index in [-0.39, 0.29) is 16.4 Å². The van der Waals surface area contributed by atoms with E-state index in [9.17, 15) is 8.42 Å². The zero-order valence-electron chi connectivity index (χ0n) is 11.4. The van der Waals surface area contributed by atoms with Crippen LogP contribution in [-0.2, 0) is 10.0 Å². The van der Waals surface area contributed by atoms with Crippen molar-refractivity contribution in [2.75, 3.05) is 0 Å². The lowest BCUT2D eigenvalue weighted by Crippen LogP contribution is -2.47. The normalized spacial score (nSPS) is 25.6. The highest BCUT2D eigenvalue weighted by Crippen LogP contribution is 2.35. The lowest BCUT2D eigenvalue weighted by atomic mass is 9.75. The van der Waals surface area contributed by atoms with Crippen LogP contribution in [0.15, 0.2) is 0 Å². The second-order valence-electron chi connectivity index (χ2n) is 5.92. The number of nitrogens with one attached hydrogen (secondary N) is 1. The Kier molecular flexibility index (Phi) is 5.14. The largest absolute Gasteiger partial charge is 0.392 e. The summed E-state index contributed by atoms with van der Waals surface area (Å²) in [6.07, 6.45) is 4.40. The van der Waals surface area contributed by atoms with Gasteiger partial charge in [-0.1, -0.05) is 39.4 Å². The van der Waals surface area contributed by atoms with E-state index in [0.29, 0.717) is 6.42 Å². The van der Waals surface area contributed by atoms with Crippen molar-refractivity contribution < 1.29 is 8.42 Å². The number of nitrogens with two attached hydrogens (primary N) is 1. The van der Waals surface area contributed by atoms with Gasteiger partial charge in [0.2, 0.25) is 10.0 Å². The molecular weight excluding hydrogens is 268 g/mol. The summed E-state index contributed by atoms with van der Waals surface area (Å²) in [4.78, 5) is 0.0556. The second-order valence-corrected chi connectivity index (χ2v) is 8.29. The molecule has 0 aromatic heterocycles. The highest BCUT2D eigenvalue weighted by atomic mass is 32.2. The Hall–Kier alpha value is -0.200. The van der Waals surface area contributed by atoms with Gasteiger partial charge < -0.3 is 5.73 Å². The minimum atomic E-state index is -3.44. The fraction of sp³-hybridized carbons (Fsp3) is 0.917. The Labute approximate surface area is 116 Å². The van der Waals surface area contributed by atoms with Crippen molar-refractivity contribution in [1.29, 1.82) is 0 Å². The van der Waals surface area contributed by atoms with Crippen molar-refractivity contribution in [3.63, 3.8) is 0 Å². The van der Waals surface area contributed by atoms with Crippen LogP contribution in [0.3, 0.4) is 0 Å². The van der Waals surface area contributed by atoms with Gasteiger partial charge >= 0.3 is 0 Å². The van der Waals surface area contributed by atoms with Crippen LogP contribution in [-0.4, -0.2) is 24.7 Å². The summed E-state index contributed by atoms with van der Waals surface area (Å²) in [7, 11) is -3.44. The smallest absolute Gasteiger partial charge is 0.221 e. The van der Waals surface area contributed by atoms with Gasteiger partial charge in [-0.25, -0.2) is 13.1 Å². The Bertz CT molecular complexity index is 404. The van der Waals surface area contributed by atoms with E-state index < -0.39 is 15.3 Å². The van der Waals surface area contributed by atoms with Gasteiger partial charge in [-0.3, -0.25) is 0 Å². The Morgan fingerprint density at radius 3 is 2.61 bits per heavy atom. The molecule has 1 aliphatic rings. The highest BCUT2D eigenvalue weighted by molar-refractivity contribution is 7.93. The molecule has 106 valence electrons. The summed E-state index contributed by atoms with van der Waals surface area (Å²) in [5.41, 5.74) is 5.71. The van der Waals surface area contributed by atoms with Crippen LogP contribution >= 0.6 is 12.2 Å². The number of thiocarbonyl (C=S) groups is 1. The molecule has 0 radical (unpaired) electrons. The van der Waals surface area contributed by atoms with Gasteiger partial charge in [-0.05, 0) is 31.1 Å². The molecule has 0 bridgehead atoms. The monoisotopic (exact) mass is 292 g/mol. The maximum Gasteiger partial charge on any atom is 0.221 e. The molecule has 2 atom stereocenters. The van der Waals surface area contributed by atoms with Crippen LogP contribution in [0, 0.1) is 5.41 Å². The molecule has 1 saturated carbocycles. The van der Waals surface area contributed by atoms with Gasteiger partial charge in [0, 0.05) is 6.04 Å². The van der Waals surface area contributed by atoms with Gasteiger partial charge in [-0.2, -0.15) is 0 Å². The average Bonchev–Trinajstić information content (AvgIpc) is 2.14. The van der Waals surface area contributed by atoms with E-state index in [1.807, 2.05) is 0 Å². The molecule has 0 saturated heterocycles. The van der Waals surface area contributed by atoms with Gasteiger partial charge in [0.05, 0.1) is 4.99 Å². The lowest BCUT2D eigenvalue weighted by Gasteiger charge is -2.35. The second kappa shape index (κ2) is 5.84. The molecule has 0 heterocycles. The molecule has 6 heteroatoms. The SMILES string of the molecule is CCC(C(N)=S)S(=O)(=O)NC1CCCC(C)(C)C1. The first-order chi connectivity index (χ1) is 8.18. The van der Waals surface area contributed by atoms with Crippen LogP contribution in [0.4, 0.5) is 0 Å². The predicted molar refractivity (Wildman–Crippen MR) is 79.0 cm³/mol. The summed E-state index contributed by atoms with van der Waals surface area (Å²) < 4.78 is 27.2. The topological polar surface area (TPSA) is 72.2 Å². The van der Waals surface area contributed by atoms with Crippen molar-refractivity contribution in [3.05, 3.63) is 0 Å². The van der Waals surface area contributed by atoms with Gasteiger partial charge in [0.15, 0.2) is 0 Å². The summed E-state index contributed by atoms with van der Waals surface area (Å²) in [5.74, 6) is 0. The van der Waals surface area contributed by atoms with Gasteiger partial charge in [0.25, 0.3) is 0 Å². The molecule has 0 aromatic carbocycles. The molecule has 0 aromatic rings. The van der Waals surface area contributed by atoms with E-state index in [1.54, 1.807) is 6.92 Å². The predicted octanol–water partition coefficient (Wildman–Crippen LogP) is 1.94. The Morgan fingerprint density at radius 2 is 2.17 bits per heavy atom. The summed E-state index contributed by atoms with van der Waals surface area (Å²) in [5, 5.41) is -0.752. The molecule has 0 amide bonds. The number of hydrogen-bond donors (Lipinski definition) is 2. The van der Waals surface area contributed by atoms with E-state index in [0.717, 1.165) is 25.7 Å². The van der Waals surface area contributed by atoms with Crippen molar-refractivity contribution in [2.24, 2.45) is 11.1 Å². The molecule has 1 fully saturated rings. The summed E-state index contributed by atoms with van der Waals surface area (Å²) in [6.45, 7) is 6.14. The van der Waals surface area contributed by atoms with Crippen LogP contribution in [0.2, 0.25) is 0 Å². The van der Waals surface area contributed by atoms with Crippen LogP contribution in [0.25, 0.3) is 0 Å². The van der Waals surface area contributed by atoms with Crippen LogP contribution in [0.5, 0.6) is 0 Å². The molecule has 3 N–H and O–H groups in total. The minimum absolute atomic E-state index is 0.0159. The van der Waals surface area contributed by atoms with Crippen molar-refractivity contribution in [2.45, 2.75) is 64.2 Å². The van der Waals surface area contributed by atoms with Crippen molar-refractivity contribution in [3.8, 4) is 0 Å². The molecule has 0 spiro atoms. The number of hydrogen-bond acceptors (Lipinski definition) is 3. The van der Waals surface area contributed by atoms with Crippen LogP contribution in [0.1, 0.15) is 52.9 Å². The van der Waals surface area contributed by atoms with E-state index in [2.05, 4.69) is 18.6 Å². The highest BCUT2D eigenvalue weighted by Gasteiger charge is 2.33. The fourth-order valence-corrected chi connectivity index (χ4v) is 4.81. The summed E-state index contributed by atoms with van der Waals surface area (Å²) >= 11 is 4.84. The third kappa shape index (κ3) is 4.17. The standard InChI is InChI=1S/C12H24N2O2S2/c1-4-10(11(13)17)18(15,16)14-9-6-5-7-12(2,3)8-9/h9-10,14H,4-8H2,1-3H3,(H2,13,17). The quantitative estimate of drug-likeness (QED) is 0.760. The molecule has 0 aliphatic heterocycles. The van der Waals surface area contributed by atoms with Crippen LogP contribution < -0.4 is 10.5 Å². The van der Waals surface area contributed by atoms with Crippen molar-refractivity contribution in [1.82, 2.24) is 4.72 Å². The zero-order valence-corrected chi connectivity index (χ0v) is 13.0. The minimum Gasteiger partial charge on any atom is -0.392 e. The number of sulfonamides is 1. The first-order valence-corrected chi connectivity index (χ1v) is 8.44. The van der Waals surface area contributed by atoms with E-state index in [4.69, 9.17) is 18.0 Å². The first kappa shape index (κ1) is 15.9. The van der Waals surface area contributed by atoms with Gasteiger partial charge in [-0.15, -0.1) is 0 Å². The first-order valence-electron chi connectivity index (χ1n) is 6.48. The molecule has 2 unspecified atom stereocenters. The van der Waals surface area contributed by atoms with Crippen molar-refractivity contribution >= 4 is 27.2 Å². The molecule has 1 aliphatic carbocycles. The number of rotatable bonds is 5. The maximum absolute atomic E-state index is 12.2. The molecular formula is C12H24N2O2S2. The molecule has 18 heavy (non-hydrogen) atoms.